The molecule has 0 saturated heterocycles. The van der Waals surface area contributed by atoms with Crippen LogP contribution in [0.3, 0.4) is 0 Å². The Kier molecular flexibility index (Phi) is 3.44. The minimum Gasteiger partial charge on any atom is -0.450 e. The number of nitrogen functional groups attached to an aromatic ring is 1. The zero-order valence-electron chi connectivity index (χ0n) is 12.2. The Labute approximate surface area is 126 Å². The minimum absolute atomic E-state index is 0.00976. The van der Waals surface area contributed by atoms with Gasteiger partial charge >= 0.3 is 0 Å². The quantitative estimate of drug-likeness (QED) is 0.744. The van der Waals surface area contributed by atoms with Crippen LogP contribution in [0.1, 0.15) is 12.5 Å². The standard InChI is InChI=1S/C16H15F2N3O/c1-3-21-8-9(2)14-13(4-5-20-16(14)21)22-15-11(17)6-10(19)7-12(15)18/h4-8H,3,19H2,1-2H3. The third kappa shape index (κ3) is 2.26. The van der Waals surface area contributed by atoms with E-state index >= 15 is 0 Å². The second kappa shape index (κ2) is 5.29. The zero-order chi connectivity index (χ0) is 15.9. The molecule has 0 atom stereocenters. The number of aryl methyl sites for hydroxylation is 2. The molecule has 2 heterocycles. The highest BCUT2D eigenvalue weighted by Gasteiger charge is 2.17. The number of hydrogen-bond donors (Lipinski definition) is 1. The van der Waals surface area contributed by atoms with Gasteiger partial charge in [0.15, 0.2) is 17.4 Å². The number of ether oxygens (including phenoxy) is 1. The van der Waals surface area contributed by atoms with E-state index in [1.807, 2.05) is 24.6 Å². The summed E-state index contributed by atoms with van der Waals surface area (Å²) >= 11 is 0. The molecule has 3 aromatic rings. The van der Waals surface area contributed by atoms with Crippen molar-refractivity contribution in [3.63, 3.8) is 0 Å². The van der Waals surface area contributed by atoms with Gasteiger partial charge in [0.1, 0.15) is 11.4 Å². The van der Waals surface area contributed by atoms with E-state index in [-0.39, 0.29) is 5.69 Å². The number of nitrogens with two attached hydrogens (primary N) is 1. The lowest BCUT2D eigenvalue weighted by atomic mass is 10.2. The maximum atomic E-state index is 13.9. The van der Waals surface area contributed by atoms with Gasteiger partial charge in [0, 0.05) is 36.8 Å². The highest BCUT2D eigenvalue weighted by Crippen LogP contribution is 2.35. The number of hydrogen-bond acceptors (Lipinski definition) is 3. The normalized spacial score (nSPS) is 11.1. The predicted octanol–water partition coefficient (Wildman–Crippen LogP) is 4.02. The van der Waals surface area contributed by atoms with E-state index in [1.54, 1.807) is 12.3 Å². The average Bonchev–Trinajstić information content (AvgIpc) is 2.80. The molecule has 2 aromatic heterocycles. The first kappa shape index (κ1) is 14.3. The molecule has 0 radical (unpaired) electrons. The van der Waals surface area contributed by atoms with Crippen LogP contribution in [0.4, 0.5) is 14.5 Å². The molecule has 6 heteroatoms. The van der Waals surface area contributed by atoms with Gasteiger partial charge < -0.3 is 15.0 Å². The molecule has 114 valence electrons. The molecule has 0 fully saturated rings. The van der Waals surface area contributed by atoms with Crippen molar-refractivity contribution in [1.82, 2.24) is 9.55 Å². The van der Waals surface area contributed by atoms with E-state index in [0.29, 0.717) is 11.4 Å². The van der Waals surface area contributed by atoms with E-state index < -0.39 is 17.4 Å². The van der Waals surface area contributed by atoms with Gasteiger partial charge in [0.2, 0.25) is 0 Å². The van der Waals surface area contributed by atoms with E-state index in [2.05, 4.69) is 4.98 Å². The maximum absolute atomic E-state index is 13.9. The summed E-state index contributed by atoms with van der Waals surface area (Å²) in [4.78, 5) is 4.31. The van der Waals surface area contributed by atoms with Crippen molar-refractivity contribution < 1.29 is 13.5 Å². The van der Waals surface area contributed by atoms with Crippen LogP contribution in [-0.4, -0.2) is 9.55 Å². The molecule has 0 saturated carbocycles. The van der Waals surface area contributed by atoms with Crippen LogP contribution in [0.25, 0.3) is 11.0 Å². The first-order chi connectivity index (χ1) is 10.5. The topological polar surface area (TPSA) is 53.1 Å². The van der Waals surface area contributed by atoms with Crippen LogP contribution in [0, 0.1) is 18.6 Å². The van der Waals surface area contributed by atoms with Crippen LogP contribution < -0.4 is 10.5 Å². The van der Waals surface area contributed by atoms with Gasteiger partial charge in [-0.15, -0.1) is 0 Å². The molecule has 4 nitrogen and oxygen atoms in total. The smallest absolute Gasteiger partial charge is 0.198 e. The number of fused-ring (bicyclic) bond motifs is 1. The number of rotatable bonds is 3. The molecule has 3 rings (SSSR count). The number of nitrogens with zero attached hydrogens (tertiary/aromatic N) is 2. The first-order valence-corrected chi connectivity index (χ1v) is 6.88. The van der Waals surface area contributed by atoms with E-state index in [9.17, 15) is 8.78 Å². The molecule has 0 amide bonds. The molecule has 0 spiro atoms. The molecule has 0 aliphatic heterocycles. The number of benzene rings is 1. The Morgan fingerprint density at radius 2 is 1.95 bits per heavy atom. The molecule has 22 heavy (non-hydrogen) atoms. The molecule has 0 aliphatic rings. The summed E-state index contributed by atoms with van der Waals surface area (Å²) in [7, 11) is 0. The first-order valence-electron chi connectivity index (χ1n) is 6.88. The van der Waals surface area contributed by atoms with Gasteiger partial charge in [0.25, 0.3) is 0 Å². The lowest BCUT2D eigenvalue weighted by molar-refractivity contribution is 0.411. The van der Waals surface area contributed by atoms with E-state index in [0.717, 1.165) is 29.6 Å². The minimum atomic E-state index is -0.838. The van der Waals surface area contributed by atoms with Crippen molar-refractivity contribution in [2.75, 3.05) is 5.73 Å². The van der Waals surface area contributed by atoms with Gasteiger partial charge in [-0.05, 0) is 25.5 Å². The number of aromatic nitrogens is 2. The Morgan fingerprint density at radius 3 is 2.59 bits per heavy atom. The third-order valence-electron chi connectivity index (χ3n) is 3.48. The van der Waals surface area contributed by atoms with E-state index in [4.69, 9.17) is 10.5 Å². The zero-order valence-corrected chi connectivity index (χ0v) is 12.2. The van der Waals surface area contributed by atoms with Crippen LogP contribution >= 0.6 is 0 Å². The van der Waals surface area contributed by atoms with E-state index in [1.165, 1.54) is 0 Å². The fraction of sp³-hybridized carbons (Fsp3) is 0.188. The van der Waals surface area contributed by atoms with Gasteiger partial charge in [-0.2, -0.15) is 0 Å². The van der Waals surface area contributed by atoms with Gasteiger partial charge in [-0.1, -0.05) is 0 Å². The molecular formula is C16H15F2N3O. The summed E-state index contributed by atoms with van der Waals surface area (Å²) in [6.45, 7) is 4.64. The molecule has 1 aromatic carbocycles. The highest BCUT2D eigenvalue weighted by atomic mass is 19.1. The average molecular weight is 303 g/mol. The number of halogens is 2. The Balaban J connectivity index is 2.14. The maximum Gasteiger partial charge on any atom is 0.198 e. The van der Waals surface area contributed by atoms with Crippen LogP contribution in [0.2, 0.25) is 0 Å². The van der Waals surface area contributed by atoms with Gasteiger partial charge in [-0.25, -0.2) is 13.8 Å². The monoisotopic (exact) mass is 303 g/mol. The fourth-order valence-corrected chi connectivity index (χ4v) is 2.49. The lowest BCUT2D eigenvalue weighted by Gasteiger charge is -2.10. The number of anilines is 1. The lowest BCUT2D eigenvalue weighted by Crippen LogP contribution is -1.97. The Bertz CT molecular complexity index is 835. The summed E-state index contributed by atoms with van der Waals surface area (Å²) in [6.07, 6.45) is 3.48. The molecular weight excluding hydrogens is 288 g/mol. The second-order valence-corrected chi connectivity index (χ2v) is 5.02. The SMILES string of the molecule is CCn1cc(C)c2c(Oc3c(F)cc(N)cc3F)ccnc21. The van der Waals surface area contributed by atoms with Crippen molar-refractivity contribution in [1.29, 1.82) is 0 Å². The Morgan fingerprint density at radius 1 is 1.27 bits per heavy atom. The van der Waals surface area contributed by atoms with Crippen LogP contribution in [0.5, 0.6) is 11.5 Å². The van der Waals surface area contributed by atoms with Crippen LogP contribution in [-0.2, 0) is 6.54 Å². The molecule has 0 bridgehead atoms. The van der Waals surface area contributed by atoms with Crippen molar-refractivity contribution in [3.8, 4) is 11.5 Å². The summed E-state index contributed by atoms with van der Waals surface area (Å²) in [5.41, 5.74) is 7.06. The summed E-state index contributed by atoms with van der Waals surface area (Å²) in [6, 6.07) is 3.65. The van der Waals surface area contributed by atoms with Crippen molar-refractivity contribution in [3.05, 3.63) is 47.8 Å². The molecule has 2 N–H and O–H groups in total. The summed E-state index contributed by atoms with van der Waals surface area (Å²) < 4.78 is 35.2. The van der Waals surface area contributed by atoms with Gasteiger partial charge in [-0.3, -0.25) is 0 Å². The molecule has 0 aliphatic carbocycles. The molecule has 0 unspecified atom stereocenters. The Hall–Kier alpha value is -2.63. The van der Waals surface area contributed by atoms with Crippen molar-refractivity contribution in [2.24, 2.45) is 0 Å². The third-order valence-corrected chi connectivity index (χ3v) is 3.48. The fourth-order valence-electron chi connectivity index (χ4n) is 2.49. The highest BCUT2D eigenvalue weighted by molar-refractivity contribution is 5.87. The summed E-state index contributed by atoms with van der Waals surface area (Å²) in [5, 5.41) is 0.736. The summed E-state index contributed by atoms with van der Waals surface area (Å²) in [5.74, 6) is -1.78. The number of pyridine rings is 1. The largest absolute Gasteiger partial charge is 0.450 e. The van der Waals surface area contributed by atoms with Crippen molar-refractivity contribution in [2.45, 2.75) is 20.4 Å². The van der Waals surface area contributed by atoms with Crippen molar-refractivity contribution >= 4 is 16.7 Å². The second-order valence-electron chi connectivity index (χ2n) is 5.02. The van der Waals surface area contributed by atoms with Crippen LogP contribution in [0.15, 0.2) is 30.6 Å². The predicted molar refractivity (Wildman–Crippen MR) is 81.0 cm³/mol. The van der Waals surface area contributed by atoms with Gasteiger partial charge in [0.05, 0.1) is 5.39 Å².